The van der Waals surface area contributed by atoms with E-state index in [1.54, 1.807) is 0 Å². The molecule has 0 aromatic carbocycles. The lowest BCUT2D eigenvalue weighted by Crippen LogP contribution is -2.30. The van der Waals surface area contributed by atoms with E-state index in [9.17, 15) is 14.4 Å². The second kappa shape index (κ2) is 54.7. The zero-order valence-corrected chi connectivity index (χ0v) is 43.4. The van der Waals surface area contributed by atoms with Crippen molar-refractivity contribution in [2.75, 3.05) is 13.2 Å². The zero-order valence-electron chi connectivity index (χ0n) is 43.4. The van der Waals surface area contributed by atoms with Gasteiger partial charge in [-0.25, -0.2) is 0 Å². The molecule has 0 heterocycles. The molecule has 0 aliphatic rings. The summed E-state index contributed by atoms with van der Waals surface area (Å²) in [5.41, 5.74) is 0. The van der Waals surface area contributed by atoms with E-state index in [0.717, 1.165) is 135 Å². The molecule has 0 spiro atoms. The number of carbonyl (C=O) groups excluding carboxylic acids is 3. The minimum atomic E-state index is -0.780. The molecule has 0 aliphatic heterocycles. The molecule has 6 heteroatoms. The summed E-state index contributed by atoms with van der Waals surface area (Å²) < 4.78 is 16.7. The van der Waals surface area contributed by atoms with E-state index >= 15 is 0 Å². The van der Waals surface area contributed by atoms with E-state index in [1.165, 1.54) is 64.2 Å². The summed E-state index contributed by atoms with van der Waals surface area (Å²) in [6.07, 6.45) is 74.0. The average Bonchev–Trinajstić information content (AvgIpc) is 3.33. The van der Waals surface area contributed by atoms with Gasteiger partial charge in [0.2, 0.25) is 0 Å². The molecule has 0 saturated heterocycles. The highest BCUT2D eigenvalue weighted by molar-refractivity contribution is 5.71. The van der Waals surface area contributed by atoms with Gasteiger partial charge in [-0.1, -0.05) is 239 Å². The third kappa shape index (κ3) is 52.9. The zero-order chi connectivity index (χ0) is 48.6. The molecule has 0 N–H and O–H groups in total. The molecule has 6 nitrogen and oxygen atoms in total. The molecule has 0 bridgehead atoms. The molecule has 0 saturated carbocycles. The fourth-order valence-electron chi connectivity index (χ4n) is 7.20. The van der Waals surface area contributed by atoms with E-state index in [1.807, 2.05) is 0 Å². The summed E-state index contributed by atoms with van der Waals surface area (Å²) in [5, 5.41) is 0. The van der Waals surface area contributed by atoms with Gasteiger partial charge in [-0.15, -0.1) is 0 Å². The number of esters is 3. The van der Waals surface area contributed by atoms with Crippen LogP contribution in [0.3, 0.4) is 0 Å². The molecule has 0 fully saturated rings. The van der Waals surface area contributed by atoms with Crippen molar-refractivity contribution in [3.8, 4) is 0 Å². The molecule has 0 aromatic heterocycles. The Kier molecular flexibility index (Phi) is 51.5. The van der Waals surface area contributed by atoms with Gasteiger partial charge in [0, 0.05) is 19.3 Å². The maximum Gasteiger partial charge on any atom is 0.306 e. The van der Waals surface area contributed by atoms with Crippen LogP contribution in [0.5, 0.6) is 0 Å². The van der Waals surface area contributed by atoms with Gasteiger partial charge in [-0.05, 0) is 89.9 Å². The minimum Gasteiger partial charge on any atom is -0.462 e. The van der Waals surface area contributed by atoms with Gasteiger partial charge < -0.3 is 14.2 Å². The second-order valence-corrected chi connectivity index (χ2v) is 17.8. The van der Waals surface area contributed by atoms with Crippen molar-refractivity contribution in [2.24, 2.45) is 0 Å². The van der Waals surface area contributed by atoms with Crippen LogP contribution in [0, 0.1) is 0 Å². The Hall–Kier alpha value is -3.93. The lowest BCUT2D eigenvalue weighted by Gasteiger charge is -2.18. The van der Waals surface area contributed by atoms with Gasteiger partial charge in [0.05, 0.1) is 0 Å². The second-order valence-electron chi connectivity index (χ2n) is 17.8. The van der Waals surface area contributed by atoms with E-state index < -0.39 is 6.10 Å². The summed E-state index contributed by atoms with van der Waals surface area (Å²) in [7, 11) is 0. The van der Waals surface area contributed by atoms with E-state index in [2.05, 4.69) is 130 Å². The van der Waals surface area contributed by atoms with Crippen LogP contribution in [0.1, 0.15) is 239 Å². The summed E-state index contributed by atoms with van der Waals surface area (Å²) in [4.78, 5) is 37.7. The fraction of sp³-hybridized carbons (Fsp3) is 0.656. The highest BCUT2D eigenvalue weighted by atomic mass is 16.6. The van der Waals surface area contributed by atoms with Crippen LogP contribution in [0.25, 0.3) is 0 Å². The quantitative estimate of drug-likeness (QED) is 0.0262. The first-order chi connectivity index (χ1) is 33.0. The molecule has 0 rings (SSSR count). The van der Waals surface area contributed by atoms with Gasteiger partial charge in [-0.3, -0.25) is 14.4 Å². The number of rotatable bonds is 48. The Morgan fingerprint density at radius 1 is 0.313 bits per heavy atom. The number of hydrogen-bond donors (Lipinski definition) is 0. The summed E-state index contributed by atoms with van der Waals surface area (Å²) in [5.74, 6) is -0.916. The van der Waals surface area contributed by atoms with Crippen molar-refractivity contribution in [3.05, 3.63) is 109 Å². The topological polar surface area (TPSA) is 78.9 Å². The van der Waals surface area contributed by atoms with E-state index in [0.29, 0.717) is 19.3 Å². The van der Waals surface area contributed by atoms with Crippen LogP contribution in [0.4, 0.5) is 0 Å². The number of allylic oxidation sites excluding steroid dienone is 18. The summed E-state index contributed by atoms with van der Waals surface area (Å²) >= 11 is 0. The van der Waals surface area contributed by atoms with Crippen LogP contribution in [-0.2, 0) is 28.6 Å². The van der Waals surface area contributed by atoms with Gasteiger partial charge in [0.1, 0.15) is 13.2 Å². The number of unbranched alkanes of at least 4 members (excludes halogenated alkanes) is 19. The Morgan fingerprint density at radius 2 is 0.582 bits per heavy atom. The third-order valence-electron chi connectivity index (χ3n) is 11.3. The van der Waals surface area contributed by atoms with E-state index in [4.69, 9.17) is 14.2 Å². The molecule has 0 aromatic rings. The molecule has 0 amide bonds. The molecule has 0 radical (unpaired) electrons. The van der Waals surface area contributed by atoms with Crippen molar-refractivity contribution in [1.29, 1.82) is 0 Å². The third-order valence-corrected chi connectivity index (χ3v) is 11.3. The van der Waals surface area contributed by atoms with Crippen LogP contribution >= 0.6 is 0 Å². The van der Waals surface area contributed by atoms with E-state index in [-0.39, 0.29) is 31.1 Å². The van der Waals surface area contributed by atoms with Crippen molar-refractivity contribution in [2.45, 2.75) is 245 Å². The molecule has 67 heavy (non-hydrogen) atoms. The first-order valence-electron chi connectivity index (χ1n) is 27.4. The predicted molar refractivity (Wildman–Crippen MR) is 288 cm³/mol. The Bertz CT molecular complexity index is 1390. The lowest BCUT2D eigenvalue weighted by molar-refractivity contribution is -0.167. The monoisotopic (exact) mass is 929 g/mol. The molecule has 0 aliphatic carbocycles. The van der Waals surface area contributed by atoms with Crippen LogP contribution in [0.2, 0.25) is 0 Å². The standard InChI is InChI=1S/C61H100O6/c1-4-7-10-13-16-18-19-20-21-22-23-24-25-26-27-28-29-30-31-32-33-34-35-36-37-38-39-40-41-43-45-48-51-54-60(63)66-57-58(56-65-59(62)53-50-47-44-15-12-9-6-3)67-61(64)55-52-49-46-42-17-14-11-8-5-2/h7,10,16,18,20-21,23-24,26-27,29-30,32-33,35-36,38-39,58H,4-6,8-9,11-15,17,19,22,25,28,31,34,37,40-57H2,1-3H3/b10-7-,18-16-,21-20-,24-23-,27-26-,30-29-,33-32-,36-35-,39-38-. The van der Waals surface area contributed by atoms with Crippen molar-refractivity contribution in [3.63, 3.8) is 0 Å². The van der Waals surface area contributed by atoms with Gasteiger partial charge in [0.15, 0.2) is 6.10 Å². The van der Waals surface area contributed by atoms with Gasteiger partial charge in [0.25, 0.3) is 0 Å². The lowest BCUT2D eigenvalue weighted by atomic mass is 10.1. The maximum atomic E-state index is 12.7. The van der Waals surface area contributed by atoms with Crippen molar-refractivity contribution >= 4 is 17.9 Å². The number of carbonyl (C=O) groups is 3. The van der Waals surface area contributed by atoms with Gasteiger partial charge in [-0.2, -0.15) is 0 Å². The molecular weight excluding hydrogens is 829 g/mol. The normalized spacial score (nSPS) is 12.9. The highest BCUT2D eigenvalue weighted by Crippen LogP contribution is 2.14. The predicted octanol–water partition coefficient (Wildman–Crippen LogP) is 18.3. The number of ether oxygens (including phenoxy) is 3. The Labute approximate surface area is 412 Å². The van der Waals surface area contributed by atoms with Crippen molar-refractivity contribution < 1.29 is 28.6 Å². The summed E-state index contributed by atoms with van der Waals surface area (Å²) in [6.45, 7) is 6.43. The number of hydrogen-bond acceptors (Lipinski definition) is 6. The fourth-order valence-corrected chi connectivity index (χ4v) is 7.20. The van der Waals surface area contributed by atoms with Crippen LogP contribution in [0.15, 0.2) is 109 Å². The van der Waals surface area contributed by atoms with Crippen molar-refractivity contribution in [1.82, 2.24) is 0 Å². The van der Waals surface area contributed by atoms with Crippen LogP contribution in [-0.4, -0.2) is 37.2 Å². The highest BCUT2D eigenvalue weighted by Gasteiger charge is 2.19. The maximum absolute atomic E-state index is 12.7. The smallest absolute Gasteiger partial charge is 0.306 e. The molecule has 380 valence electrons. The molecular formula is C61H100O6. The Morgan fingerprint density at radius 3 is 0.910 bits per heavy atom. The van der Waals surface area contributed by atoms with Crippen LogP contribution < -0.4 is 0 Å². The Balaban J connectivity index is 4.12. The largest absolute Gasteiger partial charge is 0.462 e. The van der Waals surface area contributed by atoms with Gasteiger partial charge >= 0.3 is 17.9 Å². The molecule has 1 unspecified atom stereocenters. The first-order valence-corrected chi connectivity index (χ1v) is 27.4. The molecule has 1 atom stereocenters. The average molecular weight is 929 g/mol. The SMILES string of the molecule is CC/C=C\C/C=C\C/C=C\C/C=C\C/C=C\C/C=C\C/C=C\C/C=C\C/C=C\CCCCCCCC(=O)OCC(COC(=O)CCCCCCCCC)OC(=O)CCCCCCCCCCC. The minimum absolute atomic E-state index is 0.0828. The first kappa shape index (κ1) is 63.1. The summed E-state index contributed by atoms with van der Waals surface area (Å²) in [6, 6.07) is 0.